The predicted octanol–water partition coefficient (Wildman–Crippen LogP) is 1.99. The van der Waals surface area contributed by atoms with Crippen molar-refractivity contribution in [2.75, 3.05) is 13.1 Å². The largest absolute Gasteiger partial charge is 0.351 e. The second-order valence-corrected chi connectivity index (χ2v) is 5.94. The molecule has 1 fully saturated rings. The minimum absolute atomic E-state index is 0.0462. The van der Waals surface area contributed by atoms with Crippen LogP contribution in [0.1, 0.15) is 24.6 Å². The second kappa shape index (κ2) is 6.69. The predicted molar refractivity (Wildman–Crippen MR) is 75.5 cm³/mol. The van der Waals surface area contributed by atoms with Crippen LogP contribution in [-0.4, -0.2) is 29.9 Å². The smallest absolute Gasteiger partial charge is 0.223 e. The normalized spacial score (nSPS) is 18.7. The number of thiophene rings is 1. The van der Waals surface area contributed by atoms with Gasteiger partial charge in [0.15, 0.2) is 0 Å². The number of nitrogens with zero attached hydrogens (tertiary/aromatic N) is 2. The summed E-state index contributed by atoms with van der Waals surface area (Å²) in [7, 11) is 0. The summed E-state index contributed by atoms with van der Waals surface area (Å²) >= 11 is 1.66. The van der Waals surface area contributed by atoms with Crippen LogP contribution in [0.25, 0.3) is 0 Å². The fourth-order valence-electron chi connectivity index (χ4n) is 2.36. The molecule has 1 atom stereocenters. The minimum Gasteiger partial charge on any atom is -0.351 e. The molecule has 4 nitrogen and oxygen atoms in total. The molecule has 1 aliphatic heterocycles. The molecule has 1 aromatic heterocycles. The van der Waals surface area contributed by atoms with E-state index >= 15 is 0 Å². The Bertz CT molecular complexity index is 444. The molecule has 0 aromatic carbocycles. The van der Waals surface area contributed by atoms with Crippen LogP contribution in [0.15, 0.2) is 17.5 Å². The highest BCUT2D eigenvalue weighted by molar-refractivity contribution is 7.09. The minimum atomic E-state index is -0.0462. The number of rotatable bonds is 4. The second-order valence-electron chi connectivity index (χ2n) is 4.91. The molecule has 5 heteroatoms. The summed E-state index contributed by atoms with van der Waals surface area (Å²) in [6, 6.07) is 6.23. The Labute approximate surface area is 118 Å². The number of carbonyl (C=O) groups is 1. The molecule has 0 saturated carbocycles. The molecular formula is C14H19N3OS. The van der Waals surface area contributed by atoms with Gasteiger partial charge in [-0.25, -0.2) is 0 Å². The van der Waals surface area contributed by atoms with Gasteiger partial charge in [0.25, 0.3) is 0 Å². The average molecular weight is 277 g/mol. The van der Waals surface area contributed by atoms with Gasteiger partial charge in [0.05, 0.1) is 18.7 Å². The number of nitriles is 1. The van der Waals surface area contributed by atoms with Crippen molar-refractivity contribution in [2.45, 2.75) is 32.4 Å². The highest BCUT2D eigenvalue weighted by atomic mass is 32.1. The summed E-state index contributed by atoms with van der Waals surface area (Å²) in [5.41, 5.74) is 0. The van der Waals surface area contributed by atoms with Crippen molar-refractivity contribution in [1.29, 1.82) is 5.26 Å². The first-order valence-electron chi connectivity index (χ1n) is 6.64. The topological polar surface area (TPSA) is 56.1 Å². The van der Waals surface area contributed by atoms with Gasteiger partial charge < -0.3 is 5.32 Å². The number of amides is 1. The molecule has 102 valence electrons. The number of nitrogens with one attached hydrogen (secondary N) is 1. The maximum absolute atomic E-state index is 12.0. The van der Waals surface area contributed by atoms with Gasteiger partial charge in [0.1, 0.15) is 0 Å². The molecule has 1 aliphatic rings. The molecule has 1 aromatic rings. The van der Waals surface area contributed by atoms with Crippen LogP contribution in [0, 0.1) is 17.2 Å². The highest BCUT2D eigenvalue weighted by Crippen LogP contribution is 2.19. The zero-order valence-corrected chi connectivity index (χ0v) is 11.9. The van der Waals surface area contributed by atoms with Crippen molar-refractivity contribution in [3.63, 3.8) is 0 Å². The summed E-state index contributed by atoms with van der Waals surface area (Å²) in [4.78, 5) is 15.4. The van der Waals surface area contributed by atoms with Crippen LogP contribution in [0.5, 0.6) is 0 Å². The lowest BCUT2D eigenvalue weighted by atomic mass is 9.95. The third kappa shape index (κ3) is 3.79. The Morgan fingerprint density at radius 2 is 2.37 bits per heavy atom. The fraction of sp³-hybridized carbons (Fsp3) is 0.571. The first-order valence-corrected chi connectivity index (χ1v) is 7.52. The number of likely N-dealkylation sites (tertiary alicyclic amines) is 1. The lowest BCUT2D eigenvalue weighted by molar-refractivity contribution is -0.126. The van der Waals surface area contributed by atoms with Crippen LogP contribution in [0.4, 0.5) is 0 Å². The molecule has 0 unspecified atom stereocenters. The Morgan fingerprint density at radius 1 is 1.63 bits per heavy atom. The van der Waals surface area contributed by atoms with Crippen LogP contribution in [0.3, 0.4) is 0 Å². The first kappa shape index (κ1) is 14.0. The van der Waals surface area contributed by atoms with Crippen molar-refractivity contribution in [3.05, 3.63) is 22.4 Å². The third-order valence-corrected chi connectivity index (χ3v) is 4.53. The molecule has 0 spiro atoms. The van der Waals surface area contributed by atoms with E-state index in [4.69, 9.17) is 5.26 Å². The van der Waals surface area contributed by atoms with Crippen molar-refractivity contribution < 1.29 is 4.79 Å². The number of hydrogen-bond donors (Lipinski definition) is 1. The van der Waals surface area contributed by atoms with Gasteiger partial charge in [-0.3, -0.25) is 9.69 Å². The van der Waals surface area contributed by atoms with Gasteiger partial charge in [-0.1, -0.05) is 6.07 Å². The number of hydrogen-bond acceptors (Lipinski definition) is 4. The van der Waals surface area contributed by atoms with Crippen LogP contribution in [0.2, 0.25) is 0 Å². The molecule has 19 heavy (non-hydrogen) atoms. The van der Waals surface area contributed by atoms with Crippen LogP contribution >= 0.6 is 11.3 Å². The molecule has 1 saturated heterocycles. The molecule has 0 radical (unpaired) electrons. The highest BCUT2D eigenvalue weighted by Gasteiger charge is 2.26. The van der Waals surface area contributed by atoms with Crippen LogP contribution < -0.4 is 5.32 Å². The molecular weight excluding hydrogens is 258 g/mol. The SMILES string of the molecule is C[C@H](C#N)N1CCC(C(=O)NCc2cccs2)CC1. The van der Waals surface area contributed by atoms with E-state index in [0.717, 1.165) is 25.9 Å². The van der Waals surface area contributed by atoms with E-state index in [-0.39, 0.29) is 17.9 Å². The number of carbonyl (C=O) groups excluding carboxylic acids is 1. The molecule has 1 N–H and O–H groups in total. The Hall–Kier alpha value is -1.38. The molecule has 2 rings (SSSR count). The fourth-order valence-corrected chi connectivity index (χ4v) is 3.01. The monoisotopic (exact) mass is 277 g/mol. The lowest BCUT2D eigenvalue weighted by Gasteiger charge is -2.32. The summed E-state index contributed by atoms with van der Waals surface area (Å²) in [6.45, 7) is 4.22. The summed E-state index contributed by atoms with van der Waals surface area (Å²) in [6.07, 6.45) is 1.70. The van der Waals surface area contributed by atoms with Gasteiger partial charge in [0, 0.05) is 23.9 Å². The van der Waals surface area contributed by atoms with E-state index in [1.54, 1.807) is 11.3 Å². The van der Waals surface area contributed by atoms with Crippen molar-refractivity contribution in [1.82, 2.24) is 10.2 Å². The van der Waals surface area contributed by atoms with Crippen molar-refractivity contribution in [2.24, 2.45) is 5.92 Å². The number of piperidine rings is 1. The van der Waals surface area contributed by atoms with E-state index < -0.39 is 0 Å². The summed E-state index contributed by atoms with van der Waals surface area (Å²) in [5.74, 6) is 0.250. The van der Waals surface area contributed by atoms with E-state index in [9.17, 15) is 4.79 Å². The van der Waals surface area contributed by atoms with E-state index in [1.807, 2.05) is 24.4 Å². The molecule has 0 aliphatic carbocycles. The van der Waals surface area contributed by atoms with Gasteiger partial charge >= 0.3 is 0 Å². The summed E-state index contributed by atoms with van der Waals surface area (Å²) < 4.78 is 0. The zero-order valence-electron chi connectivity index (χ0n) is 11.1. The lowest BCUT2D eigenvalue weighted by Crippen LogP contribution is -2.43. The maximum atomic E-state index is 12.0. The van der Waals surface area contributed by atoms with Gasteiger partial charge in [0.2, 0.25) is 5.91 Å². The van der Waals surface area contributed by atoms with E-state index in [0.29, 0.717) is 6.54 Å². The Kier molecular flexibility index (Phi) is 4.94. The summed E-state index contributed by atoms with van der Waals surface area (Å²) in [5, 5.41) is 13.9. The van der Waals surface area contributed by atoms with Gasteiger partial charge in [-0.2, -0.15) is 5.26 Å². The zero-order chi connectivity index (χ0) is 13.7. The third-order valence-electron chi connectivity index (χ3n) is 3.65. The first-order chi connectivity index (χ1) is 9.20. The standard InChI is InChI=1S/C14H19N3OS/c1-11(9-15)17-6-4-12(5-7-17)14(18)16-10-13-3-2-8-19-13/h2-3,8,11-12H,4-7,10H2,1H3,(H,16,18)/t11-/m1/s1. The van der Waals surface area contributed by atoms with Crippen molar-refractivity contribution in [3.8, 4) is 6.07 Å². The van der Waals surface area contributed by atoms with E-state index in [1.165, 1.54) is 4.88 Å². The van der Waals surface area contributed by atoms with Gasteiger partial charge in [-0.05, 0) is 31.2 Å². The molecule has 2 heterocycles. The molecule has 0 bridgehead atoms. The average Bonchev–Trinajstić information content (AvgIpc) is 2.97. The Balaban J connectivity index is 1.75. The Morgan fingerprint density at radius 3 is 2.95 bits per heavy atom. The van der Waals surface area contributed by atoms with Gasteiger partial charge in [-0.15, -0.1) is 11.3 Å². The molecule has 1 amide bonds. The van der Waals surface area contributed by atoms with E-state index in [2.05, 4.69) is 16.3 Å². The maximum Gasteiger partial charge on any atom is 0.223 e. The van der Waals surface area contributed by atoms with Crippen LogP contribution in [-0.2, 0) is 11.3 Å². The van der Waals surface area contributed by atoms with Crippen molar-refractivity contribution >= 4 is 17.2 Å². The quantitative estimate of drug-likeness (QED) is 0.915.